The van der Waals surface area contributed by atoms with Gasteiger partial charge in [-0.15, -0.1) is 0 Å². The maximum atomic E-state index is 12.5. The van der Waals surface area contributed by atoms with Crippen LogP contribution in [0.25, 0.3) is 11.1 Å². The topological polar surface area (TPSA) is 89.8 Å². The average Bonchev–Trinajstić information content (AvgIpc) is 2.76. The summed E-state index contributed by atoms with van der Waals surface area (Å²) in [5, 5.41) is 10.1. The van der Waals surface area contributed by atoms with E-state index in [1.54, 1.807) is 49.5 Å². The quantitative estimate of drug-likeness (QED) is 0.641. The molecule has 2 amide bonds. The van der Waals surface area contributed by atoms with Crippen LogP contribution in [0.1, 0.15) is 43.6 Å². The van der Waals surface area contributed by atoms with Crippen molar-refractivity contribution in [2.45, 2.75) is 39.3 Å². The number of aromatic nitrogens is 1. The Morgan fingerprint density at radius 3 is 2.47 bits per heavy atom. The fraction of sp³-hybridized carbons (Fsp3) is 0.440. The number of ether oxygens (including phenoxy) is 1. The van der Waals surface area contributed by atoms with Crippen LogP contribution >= 0.6 is 11.6 Å². The average molecular weight is 484 g/mol. The van der Waals surface area contributed by atoms with Gasteiger partial charge in [0.2, 0.25) is 0 Å². The molecule has 180 valence electrons. The Morgan fingerprint density at radius 2 is 1.91 bits per heavy atom. The third-order valence-corrected chi connectivity index (χ3v) is 5.79. The van der Waals surface area contributed by atoms with E-state index in [2.05, 4.69) is 11.1 Å². The number of rotatable bonds is 3. The van der Waals surface area contributed by atoms with E-state index >= 15 is 0 Å². The molecule has 34 heavy (non-hydrogen) atoms. The highest BCUT2D eigenvalue weighted by Gasteiger charge is 2.32. The number of nitrogens with zero attached hydrogens (tertiary/aromatic N) is 5. The lowest BCUT2D eigenvalue weighted by molar-refractivity contribution is 0.0158. The molecular weight excluding hydrogens is 454 g/mol. The first kappa shape index (κ1) is 25.3. The van der Waals surface area contributed by atoms with Crippen molar-refractivity contribution in [3.05, 3.63) is 46.6 Å². The van der Waals surface area contributed by atoms with E-state index in [0.717, 1.165) is 11.1 Å². The molecule has 2 heterocycles. The first-order valence-corrected chi connectivity index (χ1v) is 11.5. The minimum Gasteiger partial charge on any atom is -0.444 e. The smallest absolute Gasteiger partial charge is 0.410 e. The van der Waals surface area contributed by atoms with Gasteiger partial charge in [0.05, 0.1) is 16.1 Å². The van der Waals surface area contributed by atoms with Crippen LogP contribution in [0.15, 0.2) is 30.5 Å². The molecule has 0 saturated carbocycles. The van der Waals surface area contributed by atoms with Gasteiger partial charge in [-0.1, -0.05) is 17.7 Å². The number of benzene rings is 1. The normalized spacial score (nSPS) is 16.1. The highest BCUT2D eigenvalue weighted by Crippen LogP contribution is 2.30. The number of nitriles is 1. The maximum Gasteiger partial charge on any atom is 0.410 e. The van der Waals surface area contributed by atoms with Gasteiger partial charge in [0.1, 0.15) is 17.5 Å². The monoisotopic (exact) mass is 483 g/mol. The molecule has 1 atom stereocenters. The Bertz CT molecular complexity index is 1140. The number of pyridine rings is 1. The molecule has 1 aromatic carbocycles. The summed E-state index contributed by atoms with van der Waals surface area (Å²) in [6.45, 7) is 9.04. The second kappa shape index (κ2) is 9.90. The van der Waals surface area contributed by atoms with E-state index in [4.69, 9.17) is 16.3 Å². The molecule has 1 fully saturated rings. The largest absolute Gasteiger partial charge is 0.444 e. The van der Waals surface area contributed by atoms with E-state index in [1.165, 1.54) is 4.90 Å². The van der Waals surface area contributed by atoms with Gasteiger partial charge in [-0.2, -0.15) is 5.26 Å². The number of amides is 2. The number of anilines is 1. The van der Waals surface area contributed by atoms with Gasteiger partial charge in [0, 0.05) is 51.5 Å². The number of halogens is 1. The molecule has 0 N–H and O–H groups in total. The van der Waals surface area contributed by atoms with Gasteiger partial charge >= 0.3 is 6.09 Å². The van der Waals surface area contributed by atoms with E-state index in [1.807, 2.05) is 32.6 Å². The zero-order chi connectivity index (χ0) is 25.2. The zero-order valence-corrected chi connectivity index (χ0v) is 21.2. The van der Waals surface area contributed by atoms with Gasteiger partial charge in [-0.3, -0.25) is 4.79 Å². The van der Waals surface area contributed by atoms with Gasteiger partial charge in [0.15, 0.2) is 0 Å². The molecule has 1 unspecified atom stereocenters. The summed E-state index contributed by atoms with van der Waals surface area (Å²) in [4.78, 5) is 34.5. The molecule has 3 rings (SSSR count). The molecule has 1 aliphatic heterocycles. The van der Waals surface area contributed by atoms with Crippen LogP contribution in [0.2, 0.25) is 5.02 Å². The number of carbonyl (C=O) groups excluding carboxylic acids is 2. The van der Waals surface area contributed by atoms with E-state index in [9.17, 15) is 14.9 Å². The zero-order valence-electron chi connectivity index (χ0n) is 20.4. The van der Waals surface area contributed by atoms with Gasteiger partial charge < -0.3 is 19.4 Å². The van der Waals surface area contributed by atoms with Crippen molar-refractivity contribution in [1.29, 1.82) is 5.26 Å². The standard InChI is InChI=1S/C25H30ClN5O3/c1-16-15-30(9-10-31(16)24(33)34-25(2,3)4)22-18(13-27)11-19(14-28-22)17-7-8-20(21(26)12-17)23(32)29(5)6/h7-8,11-12,14,16H,9-10,15H2,1-6H3. The molecule has 8 nitrogen and oxygen atoms in total. The van der Waals surface area contributed by atoms with Crippen LogP contribution in [-0.2, 0) is 4.74 Å². The van der Waals surface area contributed by atoms with Crippen molar-refractivity contribution in [3.8, 4) is 17.2 Å². The summed E-state index contributed by atoms with van der Waals surface area (Å²) < 4.78 is 5.51. The Kier molecular flexibility index (Phi) is 7.37. The first-order valence-electron chi connectivity index (χ1n) is 11.1. The molecule has 1 aromatic heterocycles. The van der Waals surface area contributed by atoms with Crippen LogP contribution in [0, 0.1) is 11.3 Å². The molecule has 2 aromatic rings. The van der Waals surface area contributed by atoms with Gasteiger partial charge in [-0.05, 0) is 51.5 Å². The summed E-state index contributed by atoms with van der Waals surface area (Å²) in [5.74, 6) is 0.398. The van der Waals surface area contributed by atoms with Crippen LogP contribution in [0.3, 0.4) is 0 Å². The minimum absolute atomic E-state index is 0.0998. The Morgan fingerprint density at radius 1 is 1.21 bits per heavy atom. The Hall–Kier alpha value is -3.31. The predicted molar refractivity (Wildman–Crippen MR) is 132 cm³/mol. The van der Waals surface area contributed by atoms with Crippen LogP contribution in [0.5, 0.6) is 0 Å². The lowest BCUT2D eigenvalue weighted by atomic mass is 10.0. The maximum absolute atomic E-state index is 12.5. The fourth-order valence-corrected chi connectivity index (χ4v) is 4.06. The molecule has 0 aliphatic carbocycles. The van der Waals surface area contributed by atoms with Crippen LogP contribution in [-0.4, -0.2) is 72.2 Å². The number of piperazine rings is 1. The lowest BCUT2D eigenvalue weighted by Crippen LogP contribution is -2.55. The third kappa shape index (κ3) is 5.60. The molecule has 0 spiro atoms. The molecule has 9 heteroatoms. The highest BCUT2D eigenvalue weighted by atomic mass is 35.5. The Labute approximate surface area is 205 Å². The van der Waals surface area contributed by atoms with Crippen molar-refractivity contribution in [3.63, 3.8) is 0 Å². The summed E-state index contributed by atoms with van der Waals surface area (Å²) in [7, 11) is 3.34. The summed E-state index contributed by atoms with van der Waals surface area (Å²) in [6.07, 6.45) is 1.36. The van der Waals surface area contributed by atoms with Crippen molar-refractivity contribution in [2.24, 2.45) is 0 Å². The number of carbonyl (C=O) groups is 2. The molecule has 1 aliphatic rings. The predicted octanol–water partition coefficient (Wildman–Crippen LogP) is 4.42. The molecule has 0 bridgehead atoms. The first-order chi connectivity index (χ1) is 15.9. The van der Waals surface area contributed by atoms with Gasteiger partial charge in [0.25, 0.3) is 5.91 Å². The molecule has 0 radical (unpaired) electrons. The minimum atomic E-state index is -0.555. The Balaban J connectivity index is 1.80. The van der Waals surface area contributed by atoms with E-state index in [0.29, 0.717) is 41.6 Å². The van der Waals surface area contributed by atoms with Crippen LogP contribution in [0.4, 0.5) is 10.6 Å². The van der Waals surface area contributed by atoms with Crippen molar-refractivity contribution in [1.82, 2.24) is 14.8 Å². The number of hydrogen-bond acceptors (Lipinski definition) is 6. The number of hydrogen-bond donors (Lipinski definition) is 0. The molecule has 1 saturated heterocycles. The van der Waals surface area contributed by atoms with Gasteiger partial charge in [-0.25, -0.2) is 9.78 Å². The third-order valence-electron chi connectivity index (χ3n) is 5.48. The summed E-state index contributed by atoms with van der Waals surface area (Å²) in [6, 6.07) is 9.09. The summed E-state index contributed by atoms with van der Waals surface area (Å²) in [5.41, 5.74) is 1.78. The molecular formula is C25H30ClN5O3. The van der Waals surface area contributed by atoms with E-state index in [-0.39, 0.29) is 18.0 Å². The lowest BCUT2D eigenvalue weighted by Gasteiger charge is -2.40. The van der Waals surface area contributed by atoms with Crippen molar-refractivity contribution < 1.29 is 14.3 Å². The summed E-state index contributed by atoms with van der Waals surface area (Å²) >= 11 is 6.36. The van der Waals surface area contributed by atoms with Crippen molar-refractivity contribution >= 4 is 29.4 Å². The van der Waals surface area contributed by atoms with Crippen LogP contribution < -0.4 is 4.90 Å². The van der Waals surface area contributed by atoms with E-state index < -0.39 is 5.60 Å². The second-order valence-corrected chi connectivity index (χ2v) is 9.98. The van der Waals surface area contributed by atoms with Crippen molar-refractivity contribution in [2.75, 3.05) is 38.6 Å². The SMILES string of the molecule is CC1CN(c2ncc(-c3ccc(C(=O)N(C)C)c(Cl)c3)cc2C#N)CCN1C(=O)OC(C)(C)C. The highest BCUT2D eigenvalue weighted by molar-refractivity contribution is 6.34. The second-order valence-electron chi connectivity index (χ2n) is 9.57. The fourth-order valence-electron chi connectivity index (χ4n) is 3.80.